The van der Waals surface area contributed by atoms with Crippen LogP contribution in [0.15, 0.2) is 54.6 Å². The molecule has 23 heavy (non-hydrogen) atoms. The molecule has 0 fully saturated rings. The van der Waals surface area contributed by atoms with E-state index in [1.807, 2.05) is 48.5 Å². The highest BCUT2D eigenvalue weighted by molar-refractivity contribution is 5.97. The molecule has 120 valence electrons. The molecule has 0 atom stereocenters. The van der Waals surface area contributed by atoms with E-state index < -0.39 is 5.97 Å². The van der Waals surface area contributed by atoms with Gasteiger partial charge in [0.15, 0.2) is 0 Å². The highest BCUT2D eigenvalue weighted by atomic mass is 16.5. The number of ether oxygens (including phenoxy) is 3. The number of hydrogen-bond donors (Lipinski definition) is 0. The highest BCUT2D eigenvalue weighted by Crippen LogP contribution is 2.34. The predicted octanol–water partition coefficient (Wildman–Crippen LogP) is 3.70. The van der Waals surface area contributed by atoms with Crippen LogP contribution in [0, 0.1) is 0 Å². The van der Waals surface area contributed by atoms with E-state index in [2.05, 4.69) is 0 Å². The van der Waals surface area contributed by atoms with Crippen LogP contribution < -0.4 is 9.47 Å². The van der Waals surface area contributed by atoms with Crippen molar-refractivity contribution in [1.29, 1.82) is 0 Å². The summed E-state index contributed by atoms with van der Waals surface area (Å²) in [6.07, 6.45) is 1.48. The van der Waals surface area contributed by atoms with Crippen molar-refractivity contribution in [2.45, 2.75) is 6.92 Å². The maximum Gasteiger partial charge on any atom is 0.331 e. The summed E-state index contributed by atoms with van der Waals surface area (Å²) in [6, 6.07) is 15.1. The fourth-order valence-corrected chi connectivity index (χ4v) is 2.26. The van der Waals surface area contributed by atoms with Crippen molar-refractivity contribution in [2.24, 2.45) is 0 Å². The second-order valence-electron chi connectivity index (χ2n) is 4.74. The van der Waals surface area contributed by atoms with Gasteiger partial charge in [0.1, 0.15) is 11.5 Å². The molecule has 0 saturated heterocycles. The molecule has 0 aliphatic heterocycles. The van der Waals surface area contributed by atoms with Gasteiger partial charge < -0.3 is 14.2 Å². The molecular formula is C19H20O4. The van der Waals surface area contributed by atoms with E-state index >= 15 is 0 Å². The van der Waals surface area contributed by atoms with E-state index in [0.717, 1.165) is 16.7 Å². The largest absolute Gasteiger partial charge is 0.497 e. The van der Waals surface area contributed by atoms with E-state index in [0.29, 0.717) is 18.1 Å². The monoisotopic (exact) mass is 312 g/mol. The maximum absolute atomic E-state index is 12.0. The van der Waals surface area contributed by atoms with Gasteiger partial charge in [-0.1, -0.05) is 30.3 Å². The minimum Gasteiger partial charge on any atom is -0.497 e. The van der Waals surface area contributed by atoms with Gasteiger partial charge in [-0.15, -0.1) is 0 Å². The number of methoxy groups -OCH3 is 2. The second-order valence-corrected chi connectivity index (χ2v) is 4.74. The first-order valence-corrected chi connectivity index (χ1v) is 7.35. The van der Waals surface area contributed by atoms with Crippen LogP contribution in [0.1, 0.15) is 18.1 Å². The van der Waals surface area contributed by atoms with Crippen LogP contribution in [-0.4, -0.2) is 26.8 Å². The molecule has 0 amide bonds. The summed E-state index contributed by atoms with van der Waals surface area (Å²) in [6.45, 7) is 2.10. The van der Waals surface area contributed by atoms with Gasteiger partial charge in [0.2, 0.25) is 0 Å². The molecule has 0 spiro atoms. The Hall–Kier alpha value is -2.75. The van der Waals surface area contributed by atoms with E-state index in [1.165, 1.54) is 6.08 Å². The molecule has 4 heteroatoms. The lowest BCUT2D eigenvalue weighted by Crippen LogP contribution is -2.03. The molecule has 0 radical (unpaired) electrons. The predicted molar refractivity (Wildman–Crippen MR) is 89.7 cm³/mol. The van der Waals surface area contributed by atoms with Crippen LogP contribution in [0.25, 0.3) is 5.57 Å². The van der Waals surface area contributed by atoms with Crippen molar-refractivity contribution >= 4 is 11.5 Å². The summed E-state index contributed by atoms with van der Waals surface area (Å²) in [5.41, 5.74) is 2.39. The van der Waals surface area contributed by atoms with Crippen LogP contribution in [0.2, 0.25) is 0 Å². The van der Waals surface area contributed by atoms with Crippen molar-refractivity contribution in [3.8, 4) is 11.5 Å². The Bertz CT molecular complexity index is 690. The normalized spacial score (nSPS) is 11.0. The SMILES string of the molecule is CCOC(=O)/C=C(\c1ccccc1)c1cc(OC)ccc1OC. The molecule has 2 aromatic carbocycles. The fourth-order valence-electron chi connectivity index (χ4n) is 2.26. The quantitative estimate of drug-likeness (QED) is 0.602. The van der Waals surface area contributed by atoms with Crippen molar-refractivity contribution < 1.29 is 19.0 Å². The van der Waals surface area contributed by atoms with Crippen LogP contribution in [0.4, 0.5) is 0 Å². The molecule has 0 bridgehead atoms. The molecule has 0 N–H and O–H groups in total. The lowest BCUT2D eigenvalue weighted by atomic mass is 9.96. The van der Waals surface area contributed by atoms with Gasteiger partial charge >= 0.3 is 5.97 Å². The van der Waals surface area contributed by atoms with Crippen LogP contribution in [-0.2, 0) is 9.53 Å². The first kappa shape index (κ1) is 16.6. The summed E-state index contributed by atoms with van der Waals surface area (Å²) in [5, 5.41) is 0. The third-order valence-electron chi connectivity index (χ3n) is 3.33. The summed E-state index contributed by atoms with van der Waals surface area (Å²) < 4.78 is 15.8. The topological polar surface area (TPSA) is 44.8 Å². The number of carbonyl (C=O) groups excluding carboxylic acids is 1. The van der Waals surface area contributed by atoms with Gasteiger partial charge in [-0.2, -0.15) is 0 Å². The average molecular weight is 312 g/mol. The number of carbonyl (C=O) groups is 1. The smallest absolute Gasteiger partial charge is 0.331 e. The van der Waals surface area contributed by atoms with Gasteiger partial charge in [-0.25, -0.2) is 4.79 Å². The second kappa shape index (κ2) is 8.03. The number of rotatable bonds is 6. The Balaban J connectivity index is 2.60. The molecule has 0 aliphatic carbocycles. The Labute approximate surface area is 136 Å². The van der Waals surface area contributed by atoms with E-state index in [4.69, 9.17) is 14.2 Å². The molecule has 0 unspecified atom stereocenters. The van der Waals surface area contributed by atoms with Crippen LogP contribution in [0.5, 0.6) is 11.5 Å². The van der Waals surface area contributed by atoms with Crippen molar-refractivity contribution in [1.82, 2.24) is 0 Å². The van der Waals surface area contributed by atoms with Crippen molar-refractivity contribution in [3.63, 3.8) is 0 Å². The third kappa shape index (κ3) is 4.13. The Kier molecular flexibility index (Phi) is 5.80. The standard InChI is InChI=1S/C19H20O4/c1-4-23-19(20)13-16(14-8-6-5-7-9-14)17-12-15(21-2)10-11-18(17)22-3/h5-13H,4H2,1-3H3/b16-13+. The molecule has 4 nitrogen and oxygen atoms in total. The Morgan fingerprint density at radius 2 is 1.78 bits per heavy atom. The van der Waals surface area contributed by atoms with Crippen LogP contribution in [0.3, 0.4) is 0 Å². The number of esters is 1. The zero-order chi connectivity index (χ0) is 16.7. The summed E-state index contributed by atoms with van der Waals surface area (Å²) >= 11 is 0. The van der Waals surface area contributed by atoms with Gasteiger partial charge in [-0.05, 0) is 36.3 Å². The summed E-state index contributed by atoms with van der Waals surface area (Å²) in [7, 11) is 3.20. The van der Waals surface area contributed by atoms with E-state index in [-0.39, 0.29) is 0 Å². The molecular weight excluding hydrogens is 292 g/mol. The molecule has 2 rings (SSSR count). The number of hydrogen-bond acceptors (Lipinski definition) is 4. The van der Waals surface area contributed by atoms with Gasteiger partial charge in [0, 0.05) is 11.6 Å². The van der Waals surface area contributed by atoms with Crippen molar-refractivity contribution in [2.75, 3.05) is 20.8 Å². The molecule has 0 saturated carbocycles. The highest BCUT2D eigenvalue weighted by Gasteiger charge is 2.14. The molecule has 0 aliphatic rings. The zero-order valence-electron chi connectivity index (χ0n) is 13.5. The van der Waals surface area contributed by atoms with E-state index in [1.54, 1.807) is 21.1 Å². The molecule has 2 aromatic rings. The third-order valence-corrected chi connectivity index (χ3v) is 3.33. The Morgan fingerprint density at radius 3 is 2.39 bits per heavy atom. The first-order chi connectivity index (χ1) is 11.2. The summed E-state index contributed by atoms with van der Waals surface area (Å²) in [5.74, 6) is 0.952. The van der Waals surface area contributed by atoms with E-state index in [9.17, 15) is 4.79 Å². The lowest BCUT2D eigenvalue weighted by molar-refractivity contribution is -0.137. The van der Waals surface area contributed by atoms with Gasteiger partial charge in [0.05, 0.1) is 20.8 Å². The zero-order valence-corrected chi connectivity index (χ0v) is 13.5. The minimum atomic E-state index is -0.392. The lowest BCUT2D eigenvalue weighted by Gasteiger charge is -2.14. The maximum atomic E-state index is 12.0. The van der Waals surface area contributed by atoms with Crippen LogP contribution >= 0.6 is 0 Å². The fraction of sp³-hybridized carbons (Fsp3) is 0.211. The Morgan fingerprint density at radius 1 is 1.04 bits per heavy atom. The van der Waals surface area contributed by atoms with Gasteiger partial charge in [-0.3, -0.25) is 0 Å². The minimum absolute atomic E-state index is 0.326. The van der Waals surface area contributed by atoms with Crippen molar-refractivity contribution in [3.05, 3.63) is 65.7 Å². The number of benzene rings is 2. The first-order valence-electron chi connectivity index (χ1n) is 7.35. The molecule has 0 aromatic heterocycles. The molecule has 0 heterocycles. The average Bonchev–Trinajstić information content (AvgIpc) is 2.60. The summed E-state index contributed by atoms with van der Waals surface area (Å²) in [4.78, 5) is 12.0. The van der Waals surface area contributed by atoms with Gasteiger partial charge in [0.25, 0.3) is 0 Å².